The Bertz CT molecular complexity index is 2090. The van der Waals surface area contributed by atoms with Crippen LogP contribution in [0.5, 0.6) is 0 Å². The Balaban J connectivity index is 0. The largest absolute Gasteiger partial charge is 0.465 e. The van der Waals surface area contributed by atoms with E-state index in [1.807, 2.05) is 0 Å². The number of hydrogen-bond acceptors (Lipinski definition) is 14. The number of rotatable bonds is 110. The van der Waals surface area contributed by atoms with Crippen molar-refractivity contribution in [2.75, 3.05) is 92.1 Å². The molecule has 0 fully saturated rings. The van der Waals surface area contributed by atoms with Crippen LogP contribution in [0.2, 0.25) is 26.2 Å². The minimum atomic E-state index is -2.37. The molecule has 0 saturated heterocycles. The zero-order valence-corrected chi connectivity index (χ0v) is 93.8. The first-order valence-electron chi connectivity index (χ1n) is 59.4. The quantitative estimate of drug-likeness (QED) is 0.0257. The first-order valence-corrected chi connectivity index (χ1v) is 65.0. The van der Waals surface area contributed by atoms with E-state index >= 15 is 0 Å². The van der Waals surface area contributed by atoms with Crippen LogP contribution in [0.25, 0.3) is 0 Å². The van der Waals surface area contributed by atoms with Gasteiger partial charge < -0.3 is 56.7 Å². The van der Waals surface area contributed by atoms with Gasteiger partial charge in [0.15, 0.2) is 0 Å². The summed E-state index contributed by atoms with van der Waals surface area (Å²) in [5, 5.41) is 19.0. The summed E-state index contributed by atoms with van der Waals surface area (Å²) in [5.74, 6) is 1.58. The molecular formula is C116H238N2O12Si2. The molecule has 0 bridgehead atoms. The number of esters is 2. The normalized spacial score (nSPS) is 13.5. The van der Waals surface area contributed by atoms with Crippen LogP contribution in [0, 0.1) is 23.7 Å². The SMILES string of the molecule is CCCCCCCCOC(CCCCCN(CCCCO)CCCCCCOC(=O)C(CCCCCC)CCCCCCCC)O[Si](C)(C)OCC(CCCCCC)CCCCCCCC.CCCCCCCCOC(CCCCCN(CCCCO)CCCCCCOC(=O)C(CCCCCC)CCCCCCCC)O[Si](C)(C)OCC(CCCCCC)CCCCCCCC. The van der Waals surface area contributed by atoms with Crippen LogP contribution in [0.4, 0.5) is 0 Å². The van der Waals surface area contributed by atoms with Crippen molar-refractivity contribution in [1.29, 1.82) is 0 Å². The van der Waals surface area contributed by atoms with Crippen LogP contribution in [0.15, 0.2) is 0 Å². The fraction of sp³-hybridized carbons (Fsp3) is 0.983. The maximum Gasteiger partial charge on any atom is 0.333 e. The number of aliphatic hydroxyl groups excluding tert-OH is 2. The maximum absolute atomic E-state index is 13.1. The van der Waals surface area contributed by atoms with Gasteiger partial charge >= 0.3 is 29.1 Å². The lowest BCUT2D eigenvalue weighted by atomic mass is 9.94. The Morgan fingerprint density at radius 1 is 0.227 bits per heavy atom. The van der Waals surface area contributed by atoms with Gasteiger partial charge in [-0.15, -0.1) is 0 Å². The van der Waals surface area contributed by atoms with Crippen LogP contribution in [0.3, 0.4) is 0 Å². The van der Waals surface area contributed by atoms with Crippen molar-refractivity contribution in [3.63, 3.8) is 0 Å². The number of carbonyl (C=O) groups excluding carboxylic acids is 2. The highest BCUT2D eigenvalue weighted by atomic mass is 28.4. The van der Waals surface area contributed by atoms with Gasteiger partial charge in [0.25, 0.3) is 0 Å². The van der Waals surface area contributed by atoms with E-state index in [9.17, 15) is 19.8 Å². The number of hydrogen-bond donors (Lipinski definition) is 2. The molecule has 0 aromatic rings. The summed E-state index contributed by atoms with van der Waals surface area (Å²) < 4.78 is 52.1. The summed E-state index contributed by atoms with van der Waals surface area (Å²) in [7, 11) is -4.75. The molecule has 0 aliphatic rings. The average molecular weight is 1910 g/mol. The molecule has 0 aromatic carbocycles. The highest BCUT2D eigenvalue weighted by Crippen LogP contribution is 2.29. The van der Waals surface area contributed by atoms with Gasteiger partial charge in [0.2, 0.25) is 0 Å². The molecule has 0 saturated carbocycles. The maximum atomic E-state index is 13.1. The fourth-order valence-corrected chi connectivity index (χ4v) is 21.8. The summed E-state index contributed by atoms with van der Waals surface area (Å²) in [6, 6.07) is 0. The second-order valence-corrected chi connectivity index (χ2v) is 48.6. The van der Waals surface area contributed by atoms with E-state index in [1.165, 1.54) is 372 Å². The molecule has 0 amide bonds. The predicted octanol–water partition coefficient (Wildman–Crippen LogP) is 35.7. The van der Waals surface area contributed by atoms with E-state index in [-0.39, 0.29) is 49.6 Å². The molecule has 0 radical (unpaired) electrons. The van der Waals surface area contributed by atoms with Gasteiger partial charge in [0, 0.05) is 39.6 Å². The molecule has 6 unspecified atom stereocenters. The van der Waals surface area contributed by atoms with E-state index in [4.69, 9.17) is 36.7 Å². The van der Waals surface area contributed by atoms with Crippen LogP contribution in [-0.4, -0.2) is 154 Å². The molecule has 0 aliphatic carbocycles. The van der Waals surface area contributed by atoms with Gasteiger partial charge in [-0.3, -0.25) is 9.59 Å². The molecule has 0 rings (SSSR count). The van der Waals surface area contributed by atoms with Crippen LogP contribution < -0.4 is 0 Å². The smallest absolute Gasteiger partial charge is 0.333 e. The van der Waals surface area contributed by atoms with Gasteiger partial charge in [-0.2, -0.15) is 0 Å². The molecule has 2 N–H and O–H groups in total. The molecule has 792 valence electrons. The number of carbonyl (C=O) groups is 2. The van der Waals surface area contributed by atoms with E-state index in [0.29, 0.717) is 25.0 Å². The van der Waals surface area contributed by atoms with Crippen molar-refractivity contribution in [2.45, 2.75) is 622 Å². The van der Waals surface area contributed by atoms with Gasteiger partial charge in [-0.25, -0.2) is 0 Å². The first-order chi connectivity index (χ1) is 64.5. The van der Waals surface area contributed by atoms with E-state index in [0.717, 1.165) is 207 Å². The highest BCUT2D eigenvalue weighted by molar-refractivity contribution is 6.64. The summed E-state index contributed by atoms with van der Waals surface area (Å²) in [4.78, 5) is 31.5. The van der Waals surface area contributed by atoms with Crippen molar-refractivity contribution in [3.05, 3.63) is 0 Å². The third kappa shape index (κ3) is 95.2. The van der Waals surface area contributed by atoms with Crippen molar-refractivity contribution >= 4 is 29.1 Å². The third-order valence-corrected chi connectivity index (χ3v) is 31.1. The van der Waals surface area contributed by atoms with Gasteiger partial charge in [-0.1, -0.05) is 429 Å². The molecule has 132 heavy (non-hydrogen) atoms. The third-order valence-electron chi connectivity index (χ3n) is 27.7. The molecule has 16 heteroatoms. The molecule has 0 heterocycles. The average Bonchev–Trinajstić information content (AvgIpc) is 0.894. The minimum absolute atomic E-state index is 0.0622. The Labute approximate surface area is 827 Å². The number of nitrogens with zero attached hydrogens (tertiary/aromatic N) is 2. The van der Waals surface area contributed by atoms with Crippen LogP contribution in [-0.2, 0) is 46.2 Å². The fourth-order valence-electron chi connectivity index (χ4n) is 18.8. The monoisotopic (exact) mass is 1910 g/mol. The molecule has 0 spiro atoms. The number of aliphatic hydroxyl groups is 2. The molecule has 6 atom stereocenters. The molecular weight excluding hydrogens is 1670 g/mol. The van der Waals surface area contributed by atoms with E-state index < -0.39 is 17.1 Å². The summed E-state index contributed by atoms with van der Waals surface area (Å²) in [6.45, 7) is 43.2. The Hall–Kier alpha value is -1.03. The molecule has 14 nitrogen and oxygen atoms in total. The first kappa shape index (κ1) is 133. The number of unbranched alkanes of at least 4 members (excludes halogenated alkanes) is 54. The topological polar surface area (TPSA) is 155 Å². The zero-order valence-electron chi connectivity index (χ0n) is 91.8. The Morgan fingerprint density at radius 3 is 0.667 bits per heavy atom. The van der Waals surface area contributed by atoms with Crippen molar-refractivity contribution in [1.82, 2.24) is 9.80 Å². The highest BCUT2D eigenvalue weighted by Gasteiger charge is 2.33. The van der Waals surface area contributed by atoms with Crippen LogP contribution in [0.1, 0.15) is 583 Å². The molecule has 0 aromatic heterocycles. The van der Waals surface area contributed by atoms with Gasteiger partial charge in [0.05, 0.1) is 25.0 Å². The molecule has 0 aliphatic heterocycles. The second-order valence-electron chi connectivity index (χ2n) is 41.9. The van der Waals surface area contributed by atoms with E-state index in [2.05, 4.69) is 105 Å². The lowest BCUT2D eigenvalue weighted by Crippen LogP contribution is -2.41. The summed E-state index contributed by atoms with van der Waals surface area (Å²) in [5.41, 5.74) is 0. The Kier molecular flexibility index (Phi) is 107. The second kappa shape index (κ2) is 106. The minimum Gasteiger partial charge on any atom is -0.465 e. The van der Waals surface area contributed by atoms with Crippen molar-refractivity contribution < 1.29 is 56.5 Å². The van der Waals surface area contributed by atoms with Crippen LogP contribution >= 0.6 is 0 Å². The predicted molar refractivity (Wildman–Crippen MR) is 578 cm³/mol. The van der Waals surface area contributed by atoms with Gasteiger partial charge in [0.1, 0.15) is 12.6 Å². The van der Waals surface area contributed by atoms with E-state index in [1.54, 1.807) is 0 Å². The zero-order chi connectivity index (χ0) is 96.9. The van der Waals surface area contributed by atoms with Crippen molar-refractivity contribution in [2.24, 2.45) is 23.7 Å². The lowest BCUT2D eigenvalue weighted by molar-refractivity contribution is -0.150. The van der Waals surface area contributed by atoms with Gasteiger partial charge in [-0.05, 0) is 231 Å². The summed E-state index contributed by atoms with van der Waals surface area (Å²) in [6.07, 6.45) is 97.2. The standard InChI is InChI=1S/2C58H119NO6Si/c2*1-8-13-18-23-26-33-44-55(43-32-21-16-11-4)54-64-66(6,7)65-57(62-52-41-29-25-20-15-10-3)47-36-31-38-49-59(50-39-40-51-60)48-37-28-30-42-53-63-58(61)56(45-34-22-17-12-5)46-35-27-24-19-14-9-2/h2*55-57,60H,8-54H2,1-7H3. The lowest BCUT2D eigenvalue weighted by Gasteiger charge is -2.31. The summed E-state index contributed by atoms with van der Waals surface area (Å²) >= 11 is 0. The number of ether oxygens (including phenoxy) is 4. The Morgan fingerprint density at radius 2 is 0.417 bits per heavy atom. The van der Waals surface area contributed by atoms with Crippen molar-refractivity contribution in [3.8, 4) is 0 Å².